The molecule has 48 heavy (non-hydrogen) atoms. The van der Waals surface area contributed by atoms with Gasteiger partial charge in [-0.05, 0) is 60.7 Å². The average Bonchev–Trinajstić information content (AvgIpc) is 3.63. The quantitative estimate of drug-likeness (QED) is 0.172. The van der Waals surface area contributed by atoms with E-state index in [2.05, 4.69) is 26.2 Å². The summed E-state index contributed by atoms with van der Waals surface area (Å²) in [7, 11) is 0. The largest absolute Gasteiger partial charge is 0.395 e. The number of benzene rings is 3. The van der Waals surface area contributed by atoms with Crippen LogP contribution in [0.2, 0.25) is 0 Å². The molecule has 2 aliphatic heterocycles. The van der Waals surface area contributed by atoms with Gasteiger partial charge in [0.15, 0.2) is 5.60 Å². The SMILES string of the molecule is C[C@H](/C=C/CCn1cc(C(CO)c2ccccc2)nn1)[C@@]1(O)C(=O)N(Cc2ccc(N3CCCCCCC3=O)cc2)c2ccc(Br)cc21. The molecule has 1 unspecified atom stereocenters. The van der Waals surface area contributed by atoms with Crippen LogP contribution in [0.5, 0.6) is 0 Å². The van der Waals surface area contributed by atoms with E-state index in [1.165, 1.54) is 0 Å². The van der Waals surface area contributed by atoms with Crippen LogP contribution in [0, 0.1) is 5.92 Å². The molecule has 2 aliphatic rings. The molecule has 0 bridgehead atoms. The molecular formula is C38H42BrN5O4. The van der Waals surface area contributed by atoms with E-state index >= 15 is 0 Å². The molecule has 3 aromatic carbocycles. The Morgan fingerprint density at radius 2 is 1.77 bits per heavy atom. The Labute approximate surface area is 290 Å². The molecule has 2 amide bonds. The summed E-state index contributed by atoms with van der Waals surface area (Å²) in [5.41, 5.74) is 2.99. The van der Waals surface area contributed by atoms with E-state index < -0.39 is 11.5 Å². The lowest BCUT2D eigenvalue weighted by atomic mass is 9.83. The highest BCUT2D eigenvalue weighted by Crippen LogP contribution is 2.46. The summed E-state index contributed by atoms with van der Waals surface area (Å²) in [6.45, 7) is 3.38. The van der Waals surface area contributed by atoms with Gasteiger partial charge in [0.25, 0.3) is 5.91 Å². The van der Waals surface area contributed by atoms with Gasteiger partial charge in [0.2, 0.25) is 5.91 Å². The monoisotopic (exact) mass is 711 g/mol. The van der Waals surface area contributed by atoms with Crippen molar-refractivity contribution >= 4 is 39.1 Å². The molecule has 0 aliphatic carbocycles. The minimum absolute atomic E-state index is 0.0632. The highest BCUT2D eigenvalue weighted by molar-refractivity contribution is 9.10. The molecular weight excluding hydrogens is 670 g/mol. The van der Waals surface area contributed by atoms with Crippen molar-refractivity contribution in [2.24, 2.45) is 5.92 Å². The molecule has 3 heterocycles. The third-order valence-electron chi connectivity index (χ3n) is 9.55. The molecule has 0 radical (unpaired) electrons. The Balaban J connectivity index is 1.13. The van der Waals surface area contributed by atoms with E-state index in [9.17, 15) is 19.8 Å². The number of aromatic nitrogens is 3. The molecule has 4 aromatic rings. The predicted molar refractivity (Wildman–Crippen MR) is 189 cm³/mol. The highest BCUT2D eigenvalue weighted by atomic mass is 79.9. The number of carbonyl (C=O) groups is 2. The fourth-order valence-corrected chi connectivity index (χ4v) is 7.12. The van der Waals surface area contributed by atoms with E-state index in [4.69, 9.17) is 0 Å². The molecule has 10 heteroatoms. The van der Waals surface area contributed by atoms with Gasteiger partial charge < -0.3 is 20.0 Å². The van der Waals surface area contributed by atoms with Gasteiger partial charge in [-0.2, -0.15) is 0 Å². The molecule has 6 rings (SSSR count). The standard InChI is InChI=1S/C38H42BrN5O4/c1-27(11-8-10-21-42-25-34(40-41-42)32(26-45)29-12-5-4-6-13-29)38(48)33-23-30(39)17-20-35(33)44(37(38)47)24-28-15-18-31(19-16-28)43-22-9-3-2-7-14-36(43)46/h4-6,8,11-13,15-20,23,25,27,32,45,48H,2-3,7,9-10,14,21-22,24,26H2,1H3/b11-8+/t27-,32?,38+/m1/s1. The van der Waals surface area contributed by atoms with Crippen LogP contribution in [0.4, 0.5) is 11.4 Å². The number of carbonyl (C=O) groups excluding carboxylic acids is 2. The lowest BCUT2D eigenvalue weighted by Crippen LogP contribution is -2.44. The summed E-state index contributed by atoms with van der Waals surface area (Å²) in [6.07, 6.45) is 11.1. The maximum absolute atomic E-state index is 14.1. The van der Waals surface area contributed by atoms with Gasteiger partial charge in [-0.1, -0.05) is 95.5 Å². The van der Waals surface area contributed by atoms with Gasteiger partial charge in [-0.3, -0.25) is 14.3 Å². The smallest absolute Gasteiger partial charge is 0.264 e. The number of rotatable bonds is 11. The molecule has 0 saturated carbocycles. The van der Waals surface area contributed by atoms with Crippen LogP contribution < -0.4 is 9.80 Å². The molecule has 1 fully saturated rings. The number of halogens is 1. The van der Waals surface area contributed by atoms with Gasteiger partial charge >= 0.3 is 0 Å². The van der Waals surface area contributed by atoms with Crippen LogP contribution in [0.3, 0.4) is 0 Å². The first-order valence-electron chi connectivity index (χ1n) is 16.8. The number of aryl methyl sites for hydroxylation is 1. The average molecular weight is 713 g/mol. The van der Waals surface area contributed by atoms with Crippen molar-refractivity contribution in [3.05, 3.63) is 118 Å². The van der Waals surface area contributed by atoms with Gasteiger partial charge in [-0.15, -0.1) is 5.10 Å². The summed E-state index contributed by atoms with van der Waals surface area (Å²) in [4.78, 5) is 30.3. The van der Waals surface area contributed by atoms with Crippen molar-refractivity contribution in [2.45, 2.75) is 70.1 Å². The van der Waals surface area contributed by atoms with E-state index in [-0.39, 0.29) is 24.3 Å². The van der Waals surface area contributed by atoms with Crippen molar-refractivity contribution in [3.63, 3.8) is 0 Å². The molecule has 250 valence electrons. The molecule has 3 atom stereocenters. The Kier molecular flexibility index (Phi) is 10.5. The number of aliphatic hydroxyl groups is 2. The zero-order chi connectivity index (χ0) is 33.7. The van der Waals surface area contributed by atoms with Gasteiger partial charge in [0.05, 0.1) is 30.5 Å². The lowest BCUT2D eigenvalue weighted by molar-refractivity contribution is -0.139. The minimum Gasteiger partial charge on any atom is -0.395 e. The second-order valence-electron chi connectivity index (χ2n) is 12.8. The first-order valence-corrected chi connectivity index (χ1v) is 17.5. The highest BCUT2D eigenvalue weighted by Gasteiger charge is 2.52. The van der Waals surface area contributed by atoms with Crippen molar-refractivity contribution in [1.29, 1.82) is 0 Å². The minimum atomic E-state index is -1.74. The normalized spacial score (nSPS) is 19.8. The van der Waals surface area contributed by atoms with E-state index in [0.29, 0.717) is 42.9 Å². The first kappa shape index (κ1) is 33.8. The zero-order valence-electron chi connectivity index (χ0n) is 27.2. The number of allylic oxidation sites excluding steroid dienone is 1. The first-order chi connectivity index (χ1) is 23.3. The summed E-state index contributed by atoms with van der Waals surface area (Å²) in [5.74, 6) is -0.959. The van der Waals surface area contributed by atoms with Gasteiger partial charge in [0.1, 0.15) is 0 Å². The molecule has 9 nitrogen and oxygen atoms in total. The fraction of sp³-hybridized carbons (Fsp3) is 0.368. The van der Waals surface area contributed by atoms with Gasteiger partial charge in [-0.25, -0.2) is 0 Å². The van der Waals surface area contributed by atoms with Gasteiger partial charge in [0, 0.05) is 47.3 Å². The Hall–Kier alpha value is -4.12. The summed E-state index contributed by atoms with van der Waals surface area (Å²) in [5, 5.41) is 30.6. The maximum atomic E-state index is 14.1. The van der Waals surface area contributed by atoms with Crippen molar-refractivity contribution < 1.29 is 19.8 Å². The second kappa shape index (κ2) is 15.0. The number of amides is 2. The number of hydrogen-bond acceptors (Lipinski definition) is 6. The number of fused-ring (bicyclic) bond motifs is 1. The molecule has 1 saturated heterocycles. The number of aliphatic hydroxyl groups excluding tert-OH is 1. The van der Waals surface area contributed by atoms with E-state index in [1.807, 2.05) is 103 Å². The fourth-order valence-electron chi connectivity index (χ4n) is 6.76. The van der Waals surface area contributed by atoms with Crippen molar-refractivity contribution in [1.82, 2.24) is 15.0 Å². The van der Waals surface area contributed by atoms with E-state index in [0.717, 1.165) is 53.5 Å². The van der Waals surface area contributed by atoms with Crippen LogP contribution in [-0.2, 0) is 28.3 Å². The van der Waals surface area contributed by atoms with Crippen molar-refractivity contribution in [2.75, 3.05) is 23.0 Å². The van der Waals surface area contributed by atoms with Crippen LogP contribution in [-0.4, -0.2) is 50.2 Å². The zero-order valence-corrected chi connectivity index (χ0v) is 28.8. The molecule has 2 N–H and O–H groups in total. The summed E-state index contributed by atoms with van der Waals surface area (Å²) >= 11 is 3.53. The third kappa shape index (κ3) is 7.02. The lowest BCUT2D eigenvalue weighted by Gasteiger charge is -2.28. The summed E-state index contributed by atoms with van der Waals surface area (Å²) < 4.78 is 2.53. The molecule has 0 spiro atoms. The number of nitrogens with zero attached hydrogens (tertiary/aromatic N) is 5. The Bertz CT molecular complexity index is 1760. The third-order valence-corrected chi connectivity index (χ3v) is 10.0. The van der Waals surface area contributed by atoms with Crippen molar-refractivity contribution in [3.8, 4) is 0 Å². The number of hydrogen-bond donors (Lipinski definition) is 2. The van der Waals surface area contributed by atoms with Crippen LogP contribution in [0.1, 0.15) is 73.8 Å². The Morgan fingerprint density at radius 3 is 2.54 bits per heavy atom. The Morgan fingerprint density at radius 1 is 1.00 bits per heavy atom. The maximum Gasteiger partial charge on any atom is 0.264 e. The van der Waals surface area contributed by atoms with Crippen LogP contribution in [0.15, 0.2) is 95.6 Å². The summed E-state index contributed by atoms with van der Waals surface area (Å²) in [6, 6.07) is 23.2. The van der Waals surface area contributed by atoms with Crippen LogP contribution >= 0.6 is 15.9 Å². The van der Waals surface area contributed by atoms with E-state index in [1.54, 1.807) is 9.58 Å². The number of anilines is 2. The topological polar surface area (TPSA) is 112 Å². The predicted octanol–water partition coefficient (Wildman–Crippen LogP) is 6.48. The molecule has 1 aromatic heterocycles. The van der Waals surface area contributed by atoms with Crippen LogP contribution in [0.25, 0.3) is 0 Å². The second-order valence-corrected chi connectivity index (χ2v) is 13.7.